The summed E-state index contributed by atoms with van der Waals surface area (Å²) in [5.74, 6) is 0. The van der Waals surface area contributed by atoms with Gasteiger partial charge in [-0.15, -0.1) is 0 Å². The first-order valence-electron chi connectivity index (χ1n) is 3.76. The Morgan fingerprint density at radius 1 is 1.17 bits per heavy atom. The Kier molecular flexibility index (Phi) is 2.09. The number of alkyl halides is 2. The molecule has 0 aliphatic carbocycles. The fraction of sp³-hybridized carbons (Fsp3) is 0.200. The van der Waals surface area contributed by atoms with Crippen LogP contribution in [0.4, 0.5) is 0 Å². The second-order valence-electron chi connectivity index (χ2n) is 2.84. The van der Waals surface area contributed by atoms with Gasteiger partial charge in [0.15, 0.2) is 0 Å². The topological polar surface area (TPSA) is 13.1 Å². The first-order chi connectivity index (χ1) is 5.77. The molecular formula is C10H11IO. The number of halogens is 1. The third-order valence-electron chi connectivity index (χ3n) is 1.77. The van der Waals surface area contributed by atoms with Crippen LogP contribution in [0.2, 0.25) is 0 Å². The van der Waals surface area contributed by atoms with Crippen molar-refractivity contribution in [1.29, 1.82) is 0 Å². The van der Waals surface area contributed by atoms with Crippen molar-refractivity contribution < 1.29 is 4.42 Å². The van der Waals surface area contributed by atoms with Crippen LogP contribution in [-0.4, -0.2) is 9.86 Å². The van der Waals surface area contributed by atoms with Crippen LogP contribution in [0, 0.1) is 3.77 Å². The van der Waals surface area contributed by atoms with E-state index < -0.39 is 19.8 Å². The molecule has 0 spiro atoms. The molecule has 0 bridgehead atoms. The third kappa shape index (κ3) is 1.35. The van der Waals surface area contributed by atoms with Crippen molar-refractivity contribution in [1.82, 2.24) is 0 Å². The Hall–Kier alpha value is -0.510. The molecule has 64 valence electrons. The van der Waals surface area contributed by atoms with Gasteiger partial charge in [0, 0.05) is 0 Å². The molecule has 2 rings (SSSR count). The molecule has 12 heavy (non-hydrogen) atoms. The Labute approximate surface area is 79.1 Å². The van der Waals surface area contributed by atoms with E-state index >= 15 is 0 Å². The van der Waals surface area contributed by atoms with Gasteiger partial charge in [-0.05, 0) is 0 Å². The van der Waals surface area contributed by atoms with Gasteiger partial charge in [0.25, 0.3) is 0 Å². The number of rotatable bonds is 1. The maximum atomic E-state index is 5.70. The summed E-state index contributed by atoms with van der Waals surface area (Å²) in [5.41, 5.74) is 1.03. The summed E-state index contributed by atoms with van der Waals surface area (Å²) in [6.45, 7) is 0. The van der Waals surface area contributed by atoms with E-state index in [0.717, 1.165) is 5.58 Å². The molecule has 2 aromatic rings. The fourth-order valence-corrected chi connectivity index (χ4v) is 2.77. The molecule has 0 fully saturated rings. The molecule has 0 N–H and O–H groups in total. The molecule has 0 saturated carbocycles. The first kappa shape index (κ1) is 8.10. The summed E-state index contributed by atoms with van der Waals surface area (Å²) in [5, 5.41) is 1.23. The fourth-order valence-electron chi connectivity index (χ4n) is 1.14. The van der Waals surface area contributed by atoms with E-state index in [1.165, 1.54) is 9.15 Å². The zero-order valence-electron chi connectivity index (χ0n) is 7.17. The average molecular weight is 274 g/mol. The van der Waals surface area contributed by atoms with Crippen molar-refractivity contribution in [3.05, 3.63) is 34.1 Å². The Morgan fingerprint density at radius 3 is 2.58 bits per heavy atom. The normalized spacial score (nSPS) is 12.0. The number of furan rings is 1. The second kappa shape index (κ2) is 3.09. The van der Waals surface area contributed by atoms with Gasteiger partial charge in [0.1, 0.15) is 0 Å². The molecule has 2 heteroatoms. The Balaban J connectivity index is 2.62. The second-order valence-corrected chi connectivity index (χ2v) is 8.22. The quantitative estimate of drug-likeness (QED) is 0.574. The van der Waals surface area contributed by atoms with Gasteiger partial charge < -0.3 is 0 Å². The van der Waals surface area contributed by atoms with Crippen LogP contribution in [0.1, 0.15) is 0 Å². The molecule has 1 aromatic carbocycles. The van der Waals surface area contributed by atoms with E-state index in [9.17, 15) is 0 Å². The van der Waals surface area contributed by atoms with E-state index in [4.69, 9.17) is 4.42 Å². The Morgan fingerprint density at radius 2 is 1.92 bits per heavy atom. The van der Waals surface area contributed by atoms with Crippen LogP contribution in [-0.2, 0) is 0 Å². The van der Waals surface area contributed by atoms with Crippen LogP contribution in [0.25, 0.3) is 11.0 Å². The third-order valence-corrected chi connectivity index (χ3v) is 4.43. The van der Waals surface area contributed by atoms with E-state index in [-0.39, 0.29) is 0 Å². The predicted octanol–water partition coefficient (Wildman–Crippen LogP) is 3.37. The first-order valence-corrected chi connectivity index (χ1v) is 9.15. The van der Waals surface area contributed by atoms with Crippen molar-refractivity contribution >= 4 is 30.8 Å². The molecule has 0 atom stereocenters. The molecule has 0 radical (unpaired) electrons. The minimum absolute atomic E-state index is 0.929. The van der Waals surface area contributed by atoms with Gasteiger partial charge in [-0.3, -0.25) is 0 Å². The van der Waals surface area contributed by atoms with Crippen molar-refractivity contribution in [3.8, 4) is 0 Å². The van der Waals surface area contributed by atoms with Crippen LogP contribution in [0.15, 0.2) is 34.7 Å². The predicted molar refractivity (Wildman–Crippen MR) is 60.8 cm³/mol. The maximum absolute atomic E-state index is 5.70. The summed E-state index contributed by atoms with van der Waals surface area (Å²) < 4.78 is 6.92. The summed E-state index contributed by atoms with van der Waals surface area (Å²) in [6, 6.07) is 10.4. The SMILES string of the molecule is CI(C)c1cc2ccccc2o1. The van der Waals surface area contributed by atoms with Gasteiger partial charge in [0.05, 0.1) is 0 Å². The molecule has 0 saturated heterocycles. The molecule has 1 aromatic heterocycles. The summed E-state index contributed by atoms with van der Waals surface area (Å²) in [4.78, 5) is 4.59. The van der Waals surface area contributed by atoms with Gasteiger partial charge >= 0.3 is 79.2 Å². The molecular weight excluding hydrogens is 263 g/mol. The van der Waals surface area contributed by atoms with Crippen molar-refractivity contribution in [3.63, 3.8) is 0 Å². The standard InChI is InChI=1S/C10H11IO/c1-11(2)10-7-8-5-3-4-6-9(8)12-10/h3-7H,1-2H3. The van der Waals surface area contributed by atoms with Gasteiger partial charge in [-0.1, -0.05) is 0 Å². The van der Waals surface area contributed by atoms with Crippen LogP contribution < -0.4 is 0 Å². The van der Waals surface area contributed by atoms with Crippen molar-refractivity contribution in [2.75, 3.05) is 9.86 Å². The molecule has 0 aliphatic rings. The van der Waals surface area contributed by atoms with Gasteiger partial charge in [0.2, 0.25) is 0 Å². The number of benzene rings is 1. The Bertz CT molecular complexity index is 356. The van der Waals surface area contributed by atoms with E-state index in [1.807, 2.05) is 18.2 Å². The van der Waals surface area contributed by atoms with Crippen LogP contribution in [0.5, 0.6) is 0 Å². The zero-order chi connectivity index (χ0) is 8.55. The van der Waals surface area contributed by atoms with Crippen LogP contribution >= 0.6 is 19.8 Å². The van der Waals surface area contributed by atoms with Crippen molar-refractivity contribution in [2.45, 2.75) is 0 Å². The molecule has 1 nitrogen and oxygen atoms in total. The summed E-state index contributed by atoms with van der Waals surface area (Å²) in [6.07, 6.45) is 0. The van der Waals surface area contributed by atoms with Crippen LogP contribution in [0.3, 0.4) is 0 Å². The number of hydrogen-bond acceptors (Lipinski definition) is 1. The van der Waals surface area contributed by atoms with E-state index in [1.54, 1.807) is 0 Å². The molecule has 0 unspecified atom stereocenters. The van der Waals surface area contributed by atoms with E-state index in [0.29, 0.717) is 0 Å². The summed E-state index contributed by atoms with van der Waals surface area (Å²) >= 11 is -0.929. The zero-order valence-corrected chi connectivity index (χ0v) is 9.33. The molecule has 0 amide bonds. The summed E-state index contributed by atoms with van der Waals surface area (Å²) in [7, 11) is 0. The van der Waals surface area contributed by atoms with Gasteiger partial charge in [-0.25, -0.2) is 0 Å². The van der Waals surface area contributed by atoms with Crippen molar-refractivity contribution in [2.24, 2.45) is 0 Å². The number of hydrogen-bond donors (Lipinski definition) is 0. The molecule has 1 heterocycles. The number of para-hydroxylation sites is 1. The monoisotopic (exact) mass is 274 g/mol. The van der Waals surface area contributed by atoms with Gasteiger partial charge in [-0.2, -0.15) is 0 Å². The minimum atomic E-state index is -0.929. The van der Waals surface area contributed by atoms with E-state index in [2.05, 4.69) is 22.0 Å². The number of fused-ring (bicyclic) bond motifs is 1. The average Bonchev–Trinajstić information content (AvgIpc) is 2.46. The molecule has 0 aliphatic heterocycles.